The number of carbonyl (C=O) groups is 2. The van der Waals surface area contributed by atoms with Crippen LogP contribution < -0.4 is 5.32 Å². The Kier molecular flexibility index (Phi) is 4.17. The number of carboxylic acids is 1. The second-order valence-corrected chi connectivity index (χ2v) is 3.14. The largest absolute Gasteiger partial charge is 0.480 e. The zero-order valence-corrected chi connectivity index (χ0v) is 8.68. The van der Waals surface area contributed by atoms with Gasteiger partial charge in [0.15, 0.2) is 0 Å². The molecule has 1 aromatic heterocycles. The Hall–Kier alpha value is -2.42. The van der Waals surface area contributed by atoms with E-state index in [9.17, 15) is 14.0 Å². The molecular formula is C11H9FN2O3. The van der Waals surface area contributed by atoms with Crippen molar-refractivity contribution in [1.29, 1.82) is 0 Å². The van der Waals surface area contributed by atoms with Crippen LogP contribution in [-0.4, -0.2) is 28.0 Å². The van der Waals surface area contributed by atoms with Crippen molar-refractivity contribution in [1.82, 2.24) is 10.3 Å². The molecule has 0 aliphatic rings. The minimum atomic E-state index is -1.23. The van der Waals surface area contributed by atoms with E-state index < -0.39 is 23.9 Å². The first-order valence-electron chi connectivity index (χ1n) is 4.63. The molecule has 0 radical (unpaired) electrons. The summed E-state index contributed by atoms with van der Waals surface area (Å²) in [5.74, 6) is -0.475. The number of rotatable bonds is 4. The number of amides is 1. The summed E-state index contributed by atoms with van der Waals surface area (Å²) in [4.78, 5) is 25.5. The Morgan fingerprint density at radius 2 is 2.29 bits per heavy atom. The third-order valence-corrected chi connectivity index (χ3v) is 1.91. The molecule has 1 atom stereocenters. The van der Waals surface area contributed by atoms with Crippen LogP contribution in [0.1, 0.15) is 16.8 Å². The van der Waals surface area contributed by atoms with Gasteiger partial charge in [0.25, 0.3) is 5.91 Å². The van der Waals surface area contributed by atoms with Gasteiger partial charge in [-0.3, -0.25) is 4.79 Å². The smallest absolute Gasteiger partial charge is 0.327 e. The maximum atomic E-state index is 12.5. The van der Waals surface area contributed by atoms with Gasteiger partial charge in [0.1, 0.15) is 6.04 Å². The molecule has 1 heterocycles. The quantitative estimate of drug-likeness (QED) is 0.586. The molecule has 6 heteroatoms. The van der Waals surface area contributed by atoms with E-state index >= 15 is 0 Å². The van der Waals surface area contributed by atoms with Crippen molar-refractivity contribution in [3.8, 4) is 12.3 Å². The monoisotopic (exact) mass is 236 g/mol. The number of pyridine rings is 1. The van der Waals surface area contributed by atoms with Crippen molar-refractivity contribution in [2.45, 2.75) is 12.5 Å². The summed E-state index contributed by atoms with van der Waals surface area (Å²) >= 11 is 0. The van der Waals surface area contributed by atoms with Crippen LogP contribution in [0, 0.1) is 18.3 Å². The summed E-state index contributed by atoms with van der Waals surface area (Å²) < 4.78 is 12.5. The topological polar surface area (TPSA) is 79.3 Å². The first-order chi connectivity index (χ1) is 8.04. The number of halogens is 1. The van der Waals surface area contributed by atoms with Crippen molar-refractivity contribution in [3.63, 3.8) is 0 Å². The second-order valence-electron chi connectivity index (χ2n) is 3.14. The molecule has 17 heavy (non-hydrogen) atoms. The summed E-state index contributed by atoms with van der Waals surface area (Å²) in [6.07, 6.45) is 5.86. The predicted octanol–water partition coefficient (Wildman–Crippen LogP) is 0.427. The molecule has 5 nitrogen and oxygen atoms in total. The Balaban J connectivity index is 2.74. The molecule has 1 unspecified atom stereocenters. The normalized spacial score (nSPS) is 11.3. The second kappa shape index (κ2) is 5.61. The van der Waals surface area contributed by atoms with Crippen LogP contribution >= 0.6 is 0 Å². The van der Waals surface area contributed by atoms with Gasteiger partial charge in [-0.05, 0) is 12.1 Å². The lowest BCUT2D eigenvalue weighted by Crippen LogP contribution is -2.40. The Labute approximate surface area is 96.7 Å². The van der Waals surface area contributed by atoms with Crippen LogP contribution in [0.3, 0.4) is 0 Å². The predicted molar refractivity (Wildman–Crippen MR) is 56.5 cm³/mol. The van der Waals surface area contributed by atoms with E-state index in [1.54, 1.807) is 0 Å². The maximum Gasteiger partial charge on any atom is 0.327 e. The summed E-state index contributed by atoms with van der Waals surface area (Å²) in [5.41, 5.74) is 0.0645. The molecule has 0 bridgehead atoms. The molecule has 0 aliphatic carbocycles. The minimum absolute atomic E-state index is 0.0645. The number of carbonyl (C=O) groups excluding carboxylic acids is 1. The molecule has 88 valence electrons. The van der Waals surface area contributed by atoms with Crippen LogP contribution in [0.25, 0.3) is 0 Å². The van der Waals surface area contributed by atoms with Gasteiger partial charge in [0, 0.05) is 12.6 Å². The summed E-state index contributed by atoms with van der Waals surface area (Å²) in [5, 5.41) is 11.0. The Bertz CT molecular complexity index is 465. The summed E-state index contributed by atoms with van der Waals surface area (Å²) in [7, 11) is 0. The van der Waals surface area contributed by atoms with E-state index in [2.05, 4.69) is 16.2 Å². The van der Waals surface area contributed by atoms with Gasteiger partial charge in [0.2, 0.25) is 5.95 Å². The number of nitrogens with one attached hydrogen (secondary N) is 1. The van der Waals surface area contributed by atoms with E-state index in [0.717, 1.165) is 12.3 Å². The van der Waals surface area contributed by atoms with E-state index in [4.69, 9.17) is 11.5 Å². The van der Waals surface area contributed by atoms with Gasteiger partial charge in [-0.25, -0.2) is 9.78 Å². The van der Waals surface area contributed by atoms with Gasteiger partial charge in [-0.1, -0.05) is 0 Å². The minimum Gasteiger partial charge on any atom is -0.480 e. The molecule has 0 spiro atoms. The zero-order valence-electron chi connectivity index (χ0n) is 8.68. The number of aromatic nitrogens is 1. The number of nitrogens with zero attached hydrogens (tertiary/aromatic N) is 1. The first-order valence-corrected chi connectivity index (χ1v) is 4.63. The third kappa shape index (κ3) is 3.57. The number of hydrogen-bond donors (Lipinski definition) is 2. The molecule has 0 fully saturated rings. The highest BCUT2D eigenvalue weighted by molar-refractivity contribution is 5.96. The van der Waals surface area contributed by atoms with Gasteiger partial charge in [-0.2, -0.15) is 4.39 Å². The van der Waals surface area contributed by atoms with Crippen molar-refractivity contribution in [2.75, 3.05) is 0 Å². The summed E-state index contributed by atoms with van der Waals surface area (Å²) in [6.45, 7) is 0. The lowest BCUT2D eigenvalue weighted by atomic mass is 10.2. The van der Waals surface area contributed by atoms with E-state index in [0.29, 0.717) is 0 Å². The molecule has 0 saturated carbocycles. The molecule has 2 N–H and O–H groups in total. The average molecular weight is 236 g/mol. The SMILES string of the molecule is C#CCC(NC(=O)c1ccc(F)nc1)C(=O)O. The summed E-state index contributed by atoms with van der Waals surface area (Å²) in [6, 6.07) is 1.04. The van der Waals surface area contributed by atoms with Gasteiger partial charge >= 0.3 is 5.97 Å². The number of hydrogen-bond acceptors (Lipinski definition) is 3. The highest BCUT2D eigenvalue weighted by atomic mass is 19.1. The maximum absolute atomic E-state index is 12.5. The highest BCUT2D eigenvalue weighted by Crippen LogP contribution is 2.00. The zero-order chi connectivity index (χ0) is 12.8. The van der Waals surface area contributed by atoms with Crippen LogP contribution in [0.15, 0.2) is 18.3 Å². The molecule has 1 amide bonds. The fourth-order valence-corrected chi connectivity index (χ4v) is 1.07. The lowest BCUT2D eigenvalue weighted by Gasteiger charge is -2.11. The fraction of sp³-hybridized carbons (Fsp3) is 0.182. The van der Waals surface area contributed by atoms with Crippen molar-refractivity contribution < 1.29 is 19.1 Å². The van der Waals surface area contributed by atoms with Gasteiger partial charge in [0.05, 0.1) is 5.56 Å². The fourth-order valence-electron chi connectivity index (χ4n) is 1.07. The third-order valence-electron chi connectivity index (χ3n) is 1.91. The molecule has 0 aromatic carbocycles. The van der Waals surface area contributed by atoms with Crippen molar-refractivity contribution in [2.24, 2.45) is 0 Å². The van der Waals surface area contributed by atoms with Crippen molar-refractivity contribution in [3.05, 3.63) is 29.8 Å². The molecule has 1 aromatic rings. The Morgan fingerprint density at radius 1 is 1.59 bits per heavy atom. The average Bonchev–Trinajstić information content (AvgIpc) is 2.29. The number of aliphatic carboxylic acids is 1. The molecule has 0 saturated heterocycles. The molecule has 0 aliphatic heterocycles. The van der Waals surface area contributed by atoms with Crippen LogP contribution in [0.5, 0.6) is 0 Å². The van der Waals surface area contributed by atoms with Crippen LogP contribution in [-0.2, 0) is 4.79 Å². The van der Waals surface area contributed by atoms with Gasteiger partial charge in [-0.15, -0.1) is 12.3 Å². The van der Waals surface area contributed by atoms with E-state index in [1.165, 1.54) is 6.07 Å². The van der Waals surface area contributed by atoms with Crippen LogP contribution in [0.4, 0.5) is 4.39 Å². The first kappa shape index (κ1) is 12.6. The standard InChI is InChI=1S/C11H9FN2O3/c1-2-3-8(11(16)17)14-10(15)7-4-5-9(12)13-6-7/h1,4-6,8H,3H2,(H,14,15)(H,16,17). The van der Waals surface area contributed by atoms with E-state index in [1.807, 2.05) is 0 Å². The number of terminal acetylenes is 1. The van der Waals surface area contributed by atoms with Crippen molar-refractivity contribution >= 4 is 11.9 Å². The molecule has 1 rings (SSSR count). The van der Waals surface area contributed by atoms with E-state index in [-0.39, 0.29) is 12.0 Å². The highest BCUT2D eigenvalue weighted by Gasteiger charge is 2.19. The Morgan fingerprint density at radius 3 is 2.76 bits per heavy atom. The van der Waals surface area contributed by atoms with Crippen LogP contribution in [0.2, 0.25) is 0 Å². The van der Waals surface area contributed by atoms with Gasteiger partial charge < -0.3 is 10.4 Å². The molecular weight excluding hydrogens is 227 g/mol. The number of carboxylic acid groups (broad SMARTS) is 1. The lowest BCUT2D eigenvalue weighted by molar-refractivity contribution is -0.139.